The zero-order valence-electron chi connectivity index (χ0n) is 19.2. The molecule has 0 radical (unpaired) electrons. The molecule has 0 unspecified atom stereocenters. The number of methoxy groups -OCH3 is 2. The van der Waals surface area contributed by atoms with Crippen LogP contribution in [0.15, 0.2) is 36.4 Å². The fraction of sp³-hybridized carbons (Fsp3) is 0.375. The van der Waals surface area contributed by atoms with Gasteiger partial charge in [0.2, 0.25) is 5.91 Å². The summed E-state index contributed by atoms with van der Waals surface area (Å²) in [6, 6.07) is 8.82. The van der Waals surface area contributed by atoms with Crippen LogP contribution >= 0.6 is 0 Å². The molecule has 178 valence electrons. The third-order valence-corrected chi connectivity index (χ3v) is 4.52. The number of hydrogen-bond donors (Lipinski definition) is 2. The maximum Gasteiger partial charge on any atom is 0.341 e. The third-order valence-electron chi connectivity index (χ3n) is 4.52. The van der Waals surface area contributed by atoms with Gasteiger partial charge in [-0.2, -0.15) is 0 Å². The summed E-state index contributed by atoms with van der Waals surface area (Å²) in [5.41, 5.74) is 1.30. The van der Waals surface area contributed by atoms with E-state index in [0.717, 1.165) is 0 Å². The molecule has 9 heteroatoms. The van der Waals surface area contributed by atoms with Crippen molar-refractivity contribution in [3.63, 3.8) is 0 Å². The molecule has 0 heterocycles. The first-order chi connectivity index (χ1) is 15.8. The van der Waals surface area contributed by atoms with E-state index in [0.29, 0.717) is 29.8 Å². The van der Waals surface area contributed by atoms with Crippen molar-refractivity contribution in [3.8, 4) is 16.9 Å². The van der Waals surface area contributed by atoms with Gasteiger partial charge in [-0.15, -0.1) is 0 Å². The predicted octanol–water partition coefficient (Wildman–Crippen LogP) is 3.61. The molecule has 0 spiro atoms. The predicted molar refractivity (Wildman–Crippen MR) is 121 cm³/mol. The van der Waals surface area contributed by atoms with Crippen molar-refractivity contribution in [1.29, 1.82) is 0 Å². The average Bonchev–Trinajstić information content (AvgIpc) is 2.77. The summed E-state index contributed by atoms with van der Waals surface area (Å²) < 4.78 is 20.0. The van der Waals surface area contributed by atoms with E-state index in [4.69, 9.17) is 18.9 Å². The number of phenolic OH excluding ortho intramolecular Hbond substituents is 1. The Morgan fingerprint density at radius 2 is 1.61 bits per heavy atom. The van der Waals surface area contributed by atoms with Crippen LogP contribution in [-0.4, -0.2) is 57.2 Å². The molecule has 0 aromatic heterocycles. The molecule has 2 rings (SSSR count). The van der Waals surface area contributed by atoms with Gasteiger partial charge in [0.25, 0.3) is 0 Å². The van der Waals surface area contributed by atoms with E-state index >= 15 is 0 Å². The summed E-state index contributed by atoms with van der Waals surface area (Å²) in [7, 11) is 2.76. The molecule has 0 aliphatic carbocycles. The van der Waals surface area contributed by atoms with Crippen LogP contribution in [0, 0.1) is 5.92 Å². The molecule has 2 aromatic rings. The number of esters is 2. The second kappa shape index (κ2) is 12.6. The first kappa shape index (κ1) is 25.8. The molecule has 0 aliphatic heterocycles. The highest BCUT2D eigenvalue weighted by Crippen LogP contribution is 2.32. The molecule has 2 aromatic carbocycles. The summed E-state index contributed by atoms with van der Waals surface area (Å²) >= 11 is 0. The van der Waals surface area contributed by atoms with Crippen LogP contribution in [0.3, 0.4) is 0 Å². The quantitative estimate of drug-likeness (QED) is 0.297. The number of rotatable bonds is 11. The Balaban J connectivity index is 2.39. The van der Waals surface area contributed by atoms with Crippen LogP contribution in [0.5, 0.6) is 5.75 Å². The van der Waals surface area contributed by atoms with Crippen LogP contribution in [0.2, 0.25) is 0 Å². The Kier molecular flexibility index (Phi) is 9.84. The van der Waals surface area contributed by atoms with Crippen LogP contribution in [0.4, 0.5) is 5.69 Å². The number of phenols is 1. The lowest BCUT2D eigenvalue weighted by Crippen LogP contribution is -2.15. The molecule has 0 aliphatic rings. The van der Waals surface area contributed by atoms with Gasteiger partial charge in [-0.05, 0) is 47.4 Å². The number of carbonyl (C=O) groups excluding carboxylic acids is 3. The summed E-state index contributed by atoms with van der Waals surface area (Å²) in [5, 5.41) is 12.7. The van der Waals surface area contributed by atoms with E-state index in [2.05, 4.69) is 5.32 Å². The van der Waals surface area contributed by atoms with Gasteiger partial charge < -0.3 is 29.4 Å². The summed E-state index contributed by atoms with van der Waals surface area (Å²) in [6.07, 6.45) is 0.329. The monoisotopic (exact) mass is 459 g/mol. The van der Waals surface area contributed by atoms with Gasteiger partial charge in [-0.1, -0.05) is 19.9 Å². The largest absolute Gasteiger partial charge is 0.508 e. The molecular weight excluding hydrogens is 430 g/mol. The van der Waals surface area contributed by atoms with Crippen molar-refractivity contribution in [3.05, 3.63) is 47.5 Å². The molecule has 0 bridgehead atoms. The minimum absolute atomic E-state index is 0.0343. The van der Waals surface area contributed by atoms with E-state index in [-0.39, 0.29) is 42.1 Å². The highest BCUT2D eigenvalue weighted by atomic mass is 16.7. The molecule has 2 N–H and O–H groups in total. The summed E-state index contributed by atoms with van der Waals surface area (Å²) in [4.78, 5) is 37.3. The van der Waals surface area contributed by atoms with Crippen LogP contribution < -0.4 is 5.32 Å². The van der Waals surface area contributed by atoms with E-state index in [9.17, 15) is 19.5 Å². The highest BCUT2D eigenvalue weighted by molar-refractivity contribution is 6.04. The van der Waals surface area contributed by atoms with E-state index in [1.165, 1.54) is 38.5 Å². The molecule has 0 fully saturated rings. The van der Waals surface area contributed by atoms with Gasteiger partial charge in [0.1, 0.15) is 5.75 Å². The molecular formula is C24H29NO8. The molecule has 0 saturated heterocycles. The standard InChI is InChI=1S/C24H29NO8/c1-15(2)11-22(27)25-16-5-7-18(20(12-16)23(28)31-4)19-8-6-17(26)13-21(19)24(29)33-14-32-10-9-30-3/h5-8,12-13,15,26H,9-11,14H2,1-4H3,(H,25,27). The van der Waals surface area contributed by atoms with Crippen molar-refractivity contribution >= 4 is 23.5 Å². The van der Waals surface area contributed by atoms with Crippen LogP contribution in [0.1, 0.15) is 41.0 Å². The van der Waals surface area contributed by atoms with Crippen molar-refractivity contribution in [2.24, 2.45) is 5.92 Å². The number of hydrogen-bond acceptors (Lipinski definition) is 8. The minimum Gasteiger partial charge on any atom is -0.508 e. The van der Waals surface area contributed by atoms with E-state index < -0.39 is 11.9 Å². The fourth-order valence-corrected chi connectivity index (χ4v) is 3.03. The number of carbonyl (C=O) groups is 3. The van der Waals surface area contributed by atoms with Gasteiger partial charge in [0, 0.05) is 19.2 Å². The number of benzene rings is 2. The number of nitrogens with one attached hydrogen (secondary N) is 1. The third kappa shape index (κ3) is 7.58. The van der Waals surface area contributed by atoms with Crippen molar-refractivity contribution in [2.75, 3.05) is 39.5 Å². The Hall–Kier alpha value is -3.43. The lowest BCUT2D eigenvalue weighted by atomic mass is 9.94. The molecule has 1 amide bonds. The minimum atomic E-state index is -0.747. The Labute approximate surface area is 192 Å². The Morgan fingerprint density at radius 3 is 2.24 bits per heavy atom. The molecule has 0 saturated carbocycles. The van der Waals surface area contributed by atoms with E-state index in [1.807, 2.05) is 13.8 Å². The highest BCUT2D eigenvalue weighted by Gasteiger charge is 2.21. The first-order valence-electron chi connectivity index (χ1n) is 10.4. The van der Waals surface area contributed by atoms with E-state index in [1.54, 1.807) is 12.1 Å². The molecule has 0 atom stereocenters. The van der Waals surface area contributed by atoms with Gasteiger partial charge in [-0.25, -0.2) is 9.59 Å². The van der Waals surface area contributed by atoms with Gasteiger partial charge >= 0.3 is 11.9 Å². The van der Waals surface area contributed by atoms with Crippen LogP contribution in [0.25, 0.3) is 11.1 Å². The van der Waals surface area contributed by atoms with Crippen molar-refractivity contribution in [2.45, 2.75) is 20.3 Å². The second-order valence-electron chi connectivity index (χ2n) is 7.58. The van der Waals surface area contributed by atoms with Gasteiger partial charge in [-0.3, -0.25) is 4.79 Å². The Bertz CT molecular complexity index is 986. The summed E-state index contributed by atoms with van der Waals surface area (Å²) in [6.45, 7) is 4.14. The number of anilines is 1. The topological polar surface area (TPSA) is 120 Å². The lowest BCUT2D eigenvalue weighted by Gasteiger charge is -2.15. The lowest BCUT2D eigenvalue weighted by molar-refractivity contribution is -0.116. The van der Waals surface area contributed by atoms with Crippen molar-refractivity contribution < 1.29 is 38.4 Å². The molecule has 33 heavy (non-hydrogen) atoms. The Morgan fingerprint density at radius 1 is 0.939 bits per heavy atom. The smallest absolute Gasteiger partial charge is 0.341 e. The number of ether oxygens (including phenoxy) is 4. The number of aromatic hydroxyl groups is 1. The summed E-state index contributed by atoms with van der Waals surface area (Å²) in [5.74, 6) is -1.56. The first-order valence-corrected chi connectivity index (χ1v) is 10.4. The van der Waals surface area contributed by atoms with Gasteiger partial charge in [0.15, 0.2) is 6.79 Å². The fourth-order valence-electron chi connectivity index (χ4n) is 3.03. The van der Waals surface area contributed by atoms with Gasteiger partial charge in [0.05, 0.1) is 31.5 Å². The SMILES string of the molecule is COCCOCOC(=O)c1cc(O)ccc1-c1ccc(NC(=O)CC(C)C)cc1C(=O)OC. The van der Waals surface area contributed by atoms with Crippen LogP contribution in [-0.2, 0) is 23.7 Å². The average molecular weight is 459 g/mol. The normalized spacial score (nSPS) is 10.7. The maximum atomic E-state index is 12.7. The molecule has 9 nitrogen and oxygen atoms in total. The van der Waals surface area contributed by atoms with Crippen molar-refractivity contribution in [1.82, 2.24) is 0 Å². The second-order valence-corrected chi connectivity index (χ2v) is 7.58. The zero-order chi connectivity index (χ0) is 24.4. The number of amides is 1. The maximum absolute atomic E-state index is 12.7. The zero-order valence-corrected chi connectivity index (χ0v) is 19.2.